The van der Waals surface area contributed by atoms with E-state index < -0.39 is 0 Å². The third-order valence-corrected chi connectivity index (χ3v) is 3.15. The molecular weight excluding hydrogens is 268 g/mol. The van der Waals surface area contributed by atoms with Crippen LogP contribution in [0.3, 0.4) is 0 Å². The number of esters is 2. The second kappa shape index (κ2) is 12.7. The predicted octanol–water partition coefficient (Wildman–Crippen LogP) is 4.12. The first-order valence-electron chi connectivity index (χ1n) is 8.26. The average Bonchev–Trinajstić information content (AvgIpc) is 2.43. The van der Waals surface area contributed by atoms with Crippen LogP contribution >= 0.6 is 0 Å². The van der Waals surface area contributed by atoms with Crippen molar-refractivity contribution < 1.29 is 19.1 Å². The second-order valence-corrected chi connectivity index (χ2v) is 6.21. The first-order chi connectivity index (χ1) is 9.95. The fourth-order valence-electron chi connectivity index (χ4n) is 1.93. The van der Waals surface area contributed by atoms with Crippen LogP contribution in [0, 0.1) is 11.8 Å². The minimum atomic E-state index is -0.139. The molecule has 0 aromatic heterocycles. The van der Waals surface area contributed by atoms with Crippen LogP contribution in [0.2, 0.25) is 0 Å². The van der Waals surface area contributed by atoms with Gasteiger partial charge in [-0.1, -0.05) is 40.5 Å². The SMILES string of the molecule is CCCC(C)COC(=O)CCCCCC(=O)OCC(C)C. The lowest BCUT2D eigenvalue weighted by atomic mass is 10.1. The summed E-state index contributed by atoms with van der Waals surface area (Å²) in [5, 5.41) is 0. The van der Waals surface area contributed by atoms with E-state index in [1.165, 1.54) is 0 Å². The molecule has 0 saturated carbocycles. The highest BCUT2D eigenvalue weighted by Crippen LogP contribution is 2.08. The number of carbonyl (C=O) groups excluding carboxylic acids is 2. The maximum absolute atomic E-state index is 11.5. The van der Waals surface area contributed by atoms with E-state index in [1.807, 2.05) is 13.8 Å². The van der Waals surface area contributed by atoms with Crippen molar-refractivity contribution in [3.05, 3.63) is 0 Å². The van der Waals surface area contributed by atoms with Gasteiger partial charge < -0.3 is 9.47 Å². The molecule has 0 bridgehead atoms. The lowest BCUT2D eigenvalue weighted by Crippen LogP contribution is -2.12. The van der Waals surface area contributed by atoms with Crippen LogP contribution in [0.15, 0.2) is 0 Å². The molecule has 4 heteroatoms. The Morgan fingerprint density at radius 1 is 0.857 bits per heavy atom. The Morgan fingerprint density at radius 2 is 1.38 bits per heavy atom. The number of unbranched alkanes of at least 4 members (excludes halogenated alkanes) is 2. The molecule has 0 aliphatic heterocycles. The molecular formula is C17H32O4. The highest BCUT2D eigenvalue weighted by molar-refractivity contribution is 5.69. The third-order valence-electron chi connectivity index (χ3n) is 3.15. The van der Waals surface area contributed by atoms with Crippen molar-refractivity contribution in [1.29, 1.82) is 0 Å². The fraction of sp³-hybridized carbons (Fsp3) is 0.882. The average molecular weight is 300 g/mol. The largest absolute Gasteiger partial charge is 0.465 e. The molecule has 0 N–H and O–H groups in total. The van der Waals surface area contributed by atoms with E-state index in [0.29, 0.717) is 37.9 Å². The number of hydrogen-bond acceptors (Lipinski definition) is 4. The molecule has 0 aliphatic rings. The molecule has 0 rings (SSSR count). The van der Waals surface area contributed by atoms with Crippen molar-refractivity contribution in [3.8, 4) is 0 Å². The Kier molecular flexibility index (Phi) is 12.0. The Labute approximate surface area is 129 Å². The van der Waals surface area contributed by atoms with E-state index in [0.717, 1.165) is 32.1 Å². The molecule has 124 valence electrons. The zero-order valence-electron chi connectivity index (χ0n) is 14.2. The quantitative estimate of drug-likeness (QED) is 0.402. The van der Waals surface area contributed by atoms with E-state index in [9.17, 15) is 9.59 Å². The van der Waals surface area contributed by atoms with Crippen molar-refractivity contribution in [2.24, 2.45) is 11.8 Å². The summed E-state index contributed by atoms with van der Waals surface area (Å²) in [7, 11) is 0. The normalized spacial score (nSPS) is 12.2. The van der Waals surface area contributed by atoms with Gasteiger partial charge in [0.25, 0.3) is 0 Å². The summed E-state index contributed by atoms with van der Waals surface area (Å²) >= 11 is 0. The van der Waals surface area contributed by atoms with Crippen LogP contribution in [0.5, 0.6) is 0 Å². The van der Waals surface area contributed by atoms with Crippen LogP contribution in [-0.4, -0.2) is 25.2 Å². The number of ether oxygens (including phenoxy) is 2. The number of hydrogen-bond donors (Lipinski definition) is 0. The van der Waals surface area contributed by atoms with Crippen molar-refractivity contribution in [2.75, 3.05) is 13.2 Å². The topological polar surface area (TPSA) is 52.6 Å². The van der Waals surface area contributed by atoms with Gasteiger partial charge in [-0.2, -0.15) is 0 Å². The molecule has 1 atom stereocenters. The molecule has 0 aromatic rings. The van der Waals surface area contributed by atoms with Crippen LogP contribution in [0.1, 0.15) is 72.6 Å². The van der Waals surface area contributed by atoms with Gasteiger partial charge in [-0.25, -0.2) is 0 Å². The smallest absolute Gasteiger partial charge is 0.305 e. The maximum atomic E-state index is 11.5. The first-order valence-corrected chi connectivity index (χ1v) is 8.26. The van der Waals surface area contributed by atoms with Crippen molar-refractivity contribution >= 4 is 11.9 Å². The summed E-state index contributed by atoms with van der Waals surface area (Å²) in [5.74, 6) is 0.550. The highest BCUT2D eigenvalue weighted by atomic mass is 16.5. The molecule has 0 spiro atoms. The number of rotatable bonds is 12. The molecule has 0 fully saturated rings. The molecule has 0 heterocycles. The molecule has 4 nitrogen and oxygen atoms in total. The van der Waals surface area contributed by atoms with E-state index >= 15 is 0 Å². The summed E-state index contributed by atoms with van der Waals surface area (Å²) in [6, 6.07) is 0. The van der Waals surface area contributed by atoms with Gasteiger partial charge in [0.15, 0.2) is 0 Å². The summed E-state index contributed by atoms with van der Waals surface area (Å²) in [6.07, 6.45) is 5.50. The predicted molar refractivity (Wildman–Crippen MR) is 83.9 cm³/mol. The Morgan fingerprint density at radius 3 is 1.86 bits per heavy atom. The van der Waals surface area contributed by atoms with Crippen LogP contribution in [-0.2, 0) is 19.1 Å². The number of carbonyl (C=O) groups is 2. The molecule has 21 heavy (non-hydrogen) atoms. The van der Waals surface area contributed by atoms with E-state index in [4.69, 9.17) is 9.47 Å². The van der Waals surface area contributed by atoms with Gasteiger partial charge in [0.2, 0.25) is 0 Å². The van der Waals surface area contributed by atoms with Gasteiger partial charge >= 0.3 is 11.9 Å². The molecule has 0 amide bonds. The molecule has 0 radical (unpaired) electrons. The zero-order valence-corrected chi connectivity index (χ0v) is 14.2. The standard InChI is InChI=1S/C17H32O4/c1-5-9-15(4)13-21-17(19)11-8-6-7-10-16(18)20-12-14(2)3/h14-15H,5-13H2,1-4H3. The summed E-state index contributed by atoms with van der Waals surface area (Å²) in [5.41, 5.74) is 0. The maximum Gasteiger partial charge on any atom is 0.305 e. The Hall–Kier alpha value is -1.06. The van der Waals surface area contributed by atoms with Gasteiger partial charge in [-0.05, 0) is 31.1 Å². The van der Waals surface area contributed by atoms with Gasteiger partial charge in [-0.3, -0.25) is 9.59 Å². The van der Waals surface area contributed by atoms with Crippen LogP contribution < -0.4 is 0 Å². The summed E-state index contributed by atoms with van der Waals surface area (Å²) in [4.78, 5) is 22.9. The minimum absolute atomic E-state index is 0.125. The molecule has 0 saturated heterocycles. The summed E-state index contributed by atoms with van der Waals surface area (Å²) < 4.78 is 10.3. The fourth-order valence-corrected chi connectivity index (χ4v) is 1.93. The summed E-state index contributed by atoms with van der Waals surface area (Å²) in [6.45, 7) is 9.26. The van der Waals surface area contributed by atoms with Gasteiger partial charge in [0, 0.05) is 12.8 Å². The minimum Gasteiger partial charge on any atom is -0.465 e. The Bertz CT molecular complexity index is 287. The second-order valence-electron chi connectivity index (χ2n) is 6.21. The monoisotopic (exact) mass is 300 g/mol. The Balaban J connectivity index is 3.45. The third kappa shape index (κ3) is 13.7. The van der Waals surface area contributed by atoms with Crippen molar-refractivity contribution in [1.82, 2.24) is 0 Å². The van der Waals surface area contributed by atoms with Gasteiger partial charge in [-0.15, -0.1) is 0 Å². The van der Waals surface area contributed by atoms with Gasteiger partial charge in [0.1, 0.15) is 0 Å². The molecule has 0 aromatic carbocycles. The molecule has 1 unspecified atom stereocenters. The first kappa shape index (κ1) is 19.9. The highest BCUT2D eigenvalue weighted by Gasteiger charge is 2.08. The van der Waals surface area contributed by atoms with Crippen LogP contribution in [0.25, 0.3) is 0 Å². The molecule has 0 aliphatic carbocycles. The zero-order chi connectivity index (χ0) is 16.1. The van der Waals surface area contributed by atoms with Crippen LogP contribution in [0.4, 0.5) is 0 Å². The van der Waals surface area contributed by atoms with E-state index in [1.54, 1.807) is 0 Å². The lowest BCUT2D eigenvalue weighted by molar-refractivity contribution is -0.145. The van der Waals surface area contributed by atoms with Crippen molar-refractivity contribution in [3.63, 3.8) is 0 Å². The van der Waals surface area contributed by atoms with E-state index in [-0.39, 0.29) is 11.9 Å². The lowest BCUT2D eigenvalue weighted by Gasteiger charge is -2.10. The van der Waals surface area contributed by atoms with Gasteiger partial charge in [0.05, 0.1) is 13.2 Å². The van der Waals surface area contributed by atoms with E-state index in [2.05, 4.69) is 13.8 Å². The van der Waals surface area contributed by atoms with Crippen molar-refractivity contribution in [2.45, 2.75) is 72.6 Å².